The van der Waals surface area contributed by atoms with Crippen molar-refractivity contribution in [1.29, 1.82) is 0 Å². The molecule has 0 aromatic heterocycles. The fraction of sp³-hybridized carbons (Fsp3) is 0.0500. The van der Waals surface area contributed by atoms with Crippen LogP contribution in [-0.2, 0) is 9.84 Å². The summed E-state index contributed by atoms with van der Waals surface area (Å²) in [5.74, 6) is -0.429. The van der Waals surface area contributed by atoms with Gasteiger partial charge < -0.3 is 9.84 Å². The Morgan fingerprint density at radius 2 is 1.62 bits per heavy atom. The molecule has 0 spiro atoms. The molecule has 0 aliphatic rings. The van der Waals surface area contributed by atoms with E-state index in [4.69, 9.17) is 9.84 Å². The zero-order valence-corrected chi connectivity index (χ0v) is 15.9. The van der Waals surface area contributed by atoms with E-state index >= 15 is 0 Å². The van der Waals surface area contributed by atoms with Crippen molar-refractivity contribution in [3.63, 3.8) is 0 Å². The second kappa shape index (κ2) is 7.72. The van der Waals surface area contributed by atoms with Crippen molar-refractivity contribution in [2.45, 2.75) is 4.90 Å². The number of carboxylic acid groups (broad SMARTS) is 1. The number of carboxylic acids is 1. The van der Waals surface area contributed by atoms with Gasteiger partial charge in [0, 0.05) is 24.0 Å². The van der Waals surface area contributed by atoms with Gasteiger partial charge in [-0.1, -0.05) is 12.1 Å². The lowest BCUT2D eigenvalue weighted by Gasteiger charge is -2.12. The van der Waals surface area contributed by atoms with E-state index in [1.165, 1.54) is 66.7 Å². The predicted octanol–water partition coefficient (Wildman–Crippen LogP) is 4.16. The van der Waals surface area contributed by atoms with E-state index in [-0.39, 0.29) is 16.1 Å². The van der Waals surface area contributed by atoms with E-state index in [1.807, 2.05) is 0 Å². The third kappa shape index (κ3) is 4.58. The molecule has 0 aliphatic carbocycles. The largest absolute Gasteiger partial charge is 0.478 e. The molecule has 0 aliphatic heterocycles. The van der Waals surface area contributed by atoms with Gasteiger partial charge in [-0.15, -0.1) is 0 Å². The molecule has 3 rings (SSSR count). The summed E-state index contributed by atoms with van der Waals surface area (Å²) < 4.78 is 29.1. The van der Waals surface area contributed by atoms with Crippen LogP contribution >= 0.6 is 0 Å². The molecule has 0 atom stereocenters. The molecule has 0 unspecified atom stereocenters. The van der Waals surface area contributed by atoms with Crippen molar-refractivity contribution < 1.29 is 28.0 Å². The van der Waals surface area contributed by atoms with Gasteiger partial charge >= 0.3 is 5.97 Å². The molecule has 0 radical (unpaired) electrons. The van der Waals surface area contributed by atoms with Gasteiger partial charge in [0.2, 0.25) is 0 Å². The van der Waals surface area contributed by atoms with Crippen molar-refractivity contribution in [3.8, 4) is 22.6 Å². The Morgan fingerprint density at radius 1 is 1.00 bits per heavy atom. The normalized spacial score (nSPS) is 11.1. The average molecular weight is 413 g/mol. The molecular weight excluding hydrogens is 398 g/mol. The standard InChI is InChI=1S/C20H15NO7S/c1-29(26,27)17-9-4-13(5-10-17)18-12-15(21(24)25)6-11-19(18)28-16-7-2-14(3-8-16)20(22)23/h2-12H,1H3,(H,22,23). The van der Waals surface area contributed by atoms with Gasteiger partial charge in [-0.05, 0) is 48.0 Å². The van der Waals surface area contributed by atoms with Crippen LogP contribution in [0.4, 0.5) is 5.69 Å². The fourth-order valence-electron chi connectivity index (χ4n) is 2.62. The van der Waals surface area contributed by atoms with Crippen molar-refractivity contribution in [3.05, 3.63) is 82.4 Å². The van der Waals surface area contributed by atoms with E-state index in [0.717, 1.165) is 6.26 Å². The van der Waals surface area contributed by atoms with Gasteiger partial charge in [-0.2, -0.15) is 0 Å². The molecule has 0 fully saturated rings. The monoisotopic (exact) mass is 413 g/mol. The molecule has 29 heavy (non-hydrogen) atoms. The maximum Gasteiger partial charge on any atom is 0.335 e. The smallest absolute Gasteiger partial charge is 0.335 e. The zero-order chi connectivity index (χ0) is 21.2. The van der Waals surface area contributed by atoms with Crippen LogP contribution in [0.15, 0.2) is 71.6 Å². The van der Waals surface area contributed by atoms with E-state index in [1.54, 1.807) is 0 Å². The highest BCUT2D eigenvalue weighted by Crippen LogP contribution is 2.36. The van der Waals surface area contributed by atoms with Crippen molar-refractivity contribution in [1.82, 2.24) is 0 Å². The number of rotatable bonds is 6. The predicted molar refractivity (Wildman–Crippen MR) is 105 cm³/mol. The van der Waals surface area contributed by atoms with E-state index in [2.05, 4.69) is 0 Å². The number of non-ortho nitro benzene ring substituents is 1. The summed E-state index contributed by atoms with van der Waals surface area (Å²) in [6.07, 6.45) is 1.09. The van der Waals surface area contributed by atoms with Gasteiger partial charge in [0.1, 0.15) is 11.5 Å². The summed E-state index contributed by atoms with van der Waals surface area (Å²) in [6, 6.07) is 15.7. The molecule has 9 heteroatoms. The van der Waals surface area contributed by atoms with Gasteiger partial charge in [0.25, 0.3) is 5.69 Å². The second-order valence-electron chi connectivity index (χ2n) is 6.17. The molecular formula is C20H15NO7S. The van der Waals surface area contributed by atoms with Crippen LogP contribution in [0.1, 0.15) is 10.4 Å². The van der Waals surface area contributed by atoms with Crippen molar-refractivity contribution in [2.75, 3.05) is 6.26 Å². The molecule has 8 nitrogen and oxygen atoms in total. The first-order chi connectivity index (χ1) is 13.6. The van der Waals surface area contributed by atoms with Crippen LogP contribution in [0.3, 0.4) is 0 Å². The Balaban J connectivity index is 2.03. The maximum absolute atomic E-state index is 11.7. The number of hydrogen-bond acceptors (Lipinski definition) is 6. The lowest BCUT2D eigenvalue weighted by molar-refractivity contribution is -0.384. The van der Waals surface area contributed by atoms with Crippen LogP contribution in [0.2, 0.25) is 0 Å². The summed E-state index contributed by atoms with van der Waals surface area (Å²) in [5.41, 5.74) is 0.859. The zero-order valence-electron chi connectivity index (χ0n) is 15.1. The summed E-state index contributed by atoms with van der Waals surface area (Å²) in [6.45, 7) is 0. The number of hydrogen-bond donors (Lipinski definition) is 1. The molecule has 0 saturated carbocycles. The Bertz CT molecular complexity index is 1180. The molecule has 1 N–H and O–H groups in total. The number of carbonyl (C=O) groups is 1. The van der Waals surface area contributed by atoms with Crippen LogP contribution in [0.25, 0.3) is 11.1 Å². The minimum Gasteiger partial charge on any atom is -0.478 e. The fourth-order valence-corrected chi connectivity index (χ4v) is 3.25. The summed E-state index contributed by atoms with van der Waals surface area (Å²) >= 11 is 0. The molecule has 0 heterocycles. The molecule has 0 saturated heterocycles. The number of nitrogens with zero attached hydrogens (tertiary/aromatic N) is 1. The van der Waals surface area contributed by atoms with Crippen LogP contribution < -0.4 is 4.74 Å². The Morgan fingerprint density at radius 3 is 2.14 bits per heavy atom. The number of ether oxygens (including phenoxy) is 1. The first-order valence-electron chi connectivity index (χ1n) is 8.25. The van der Waals surface area contributed by atoms with Crippen LogP contribution in [0, 0.1) is 10.1 Å². The number of nitro groups is 1. The average Bonchev–Trinajstić information content (AvgIpc) is 2.68. The first kappa shape index (κ1) is 20.0. The maximum atomic E-state index is 11.7. The number of sulfone groups is 1. The quantitative estimate of drug-likeness (QED) is 0.475. The summed E-state index contributed by atoms with van der Waals surface area (Å²) in [4.78, 5) is 21.7. The minimum atomic E-state index is -3.38. The summed E-state index contributed by atoms with van der Waals surface area (Å²) in [7, 11) is -3.38. The minimum absolute atomic E-state index is 0.0950. The lowest BCUT2D eigenvalue weighted by atomic mass is 10.0. The van der Waals surface area contributed by atoms with E-state index in [9.17, 15) is 23.3 Å². The van der Waals surface area contributed by atoms with Gasteiger partial charge in [0.05, 0.1) is 15.4 Å². The van der Waals surface area contributed by atoms with Gasteiger partial charge in [0.15, 0.2) is 9.84 Å². The van der Waals surface area contributed by atoms with E-state index < -0.39 is 20.7 Å². The molecule has 148 valence electrons. The van der Waals surface area contributed by atoms with Crippen molar-refractivity contribution >= 4 is 21.5 Å². The Hall–Kier alpha value is -3.72. The highest BCUT2D eigenvalue weighted by atomic mass is 32.2. The SMILES string of the molecule is CS(=O)(=O)c1ccc(-c2cc([N+](=O)[O-])ccc2Oc2ccc(C(=O)O)cc2)cc1. The highest BCUT2D eigenvalue weighted by Gasteiger charge is 2.16. The Kier molecular flexibility index (Phi) is 5.33. The lowest BCUT2D eigenvalue weighted by Crippen LogP contribution is -1.97. The topological polar surface area (TPSA) is 124 Å². The van der Waals surface area contributed by atoms with Gasteiger partial charge in [-0.3, -0.25) is 10.1 Å². The van der Waals surface area contributed by atoms with Crippen LogP contribution in [0.5, 0.6) is 11.5 Å². The molecule has 3 aromatic carbocycles. The Labute approximate surface area is 166 Å². The third-order valence-electron chi connectivity index (χ3n) is 4.10. The first-order valence-corrected chi connectivity index (χ1v) is 10.1. The highest BCUT2D eigenvalue weighted by molar-refractivity contribution is 7.90. The van der Waals surface area contributed by atoms with E-state index in [0.29, 0.717) is 22.6 Å². The van der Waals surface area contributed by atoms with Gasteiger partial charge in [-0.25, -0.2) is 13.2 Å². The molecule has 0 bridgehead atoms. The van der Waals surface area contributed by atoms with Crippen molar-refractivity contribution in [2.24, 2.45) is 0 Å². The van der Waals surface area contributed by atoms with Crippen LogP contribution in [-0.4, -0.2) is 30.7 Å². The third-order valence-corrected chi connectivity index (χ3v) is 5.22. The summed E-state index contributed by atoms with van der Waals surface area (Å²) in [5, 5.41) is 20.1. The number of nitro benzene ring substituents is 1. The number of aromatic carboxylic acids is 1. The second-order valence-corrected chi connectivity index (χ2v) is 8.18. The number of benzene rings is 3. The molecule has 3 aromatic rings. The molecule has 0 amide bonds.